The fourth-order valence-corrected chi connectivity index (χ4v) is 9.14. The Morgan fingerprint density at radius 2 is 1.87 bits per heavy atom. The number of amides is 1. The summed E-state index contributed by atoms with van der Waals surface area (Å²) in [7, 11) is 0. The molecule has 1 aromatic heterocycles. The summed E-state index contributed by atoms with van der Waals surface area (Å²) in [5, 5.41) is 0.812. The first-order chi connectivity index (χ1) is 21.8. The van der Waals surface area contributed by atoms with Gasteiger partial charge in [0.15, 0.2) is 0 Å². The first kappa shape index (κ1) is 31.4. The second-order valence-corrected chi connectivity index (χ2v) is 15.3. The Morgan fingerprint density at radius 1 is 1.13 bits per heavy atom. The highest BCUT2D eigenvalue weighted by atomic mass is 32.2. The molecule has 12 heteroatoms. The number of halogens is 2. The Bertz CT molecular complexity index is 1770. The summed E-state index contributed by atoms with van der Waals surface area (Å²) in [5.41, 5.74) is 1.56. The maximum atomic E-state index is 15.3. The minimum Gasteiger partial charge on any atom is -0.444 e. The normalized spacial score (nSPS) is 26.3. The average molecular weight is 654 g/mol. The Morgan fingerprint density at radius 3 is 2.50 bits per heavy atom. The second kappa shape index (κ2) is 11.5. The number of aryl methyl sites for hydroxylation is 1. The molecule has 246 valence electrons. The van der Waals surface area contributed by atoms with Crippen LogP contribution in [0.3, 0.4) is 0 Å². The van der Waals surface area contributed by atoms with Crippen molar-refractivity contribution in [2.45, 2.75) is 88.7 Å². The van der Waals surface area contributed by atoms with Crippen LogP contribution in [0.4, 0.5) is 19.4 Å². The fourth-order valence-electron chi connectivity index (χ4n) is 7.77. The van der Waals surface area contributed by atoms with Crippen LogP contribution in [0, 0.1) is 18.6 Å². The van der Waals surface area contributed by atoms with Crippen molar-refractivity contribution >= 4 is 34.6 Å². The van der Waals surface area contributed by atoms with E-state index in [1.54, 1.807) is 16.7 Å². The lowest BCUT2D eigenvalue weighted by molar-refractivity contribution is 0.00560. The summed E-state index contributed by atoms with van der Waals surface area (Å²) in [5.74, 6) is -0.0930. The van der Waals surface area contributed by atoms with E-state index >= 15 is 4.39 Å². The van der Waals surface area contributed by atoms with Gasteiger partial charge < -0.3 is 14.4 Å². The maximum Gasteiger partial charge on any atom is 0.410 e. The van der Waals surface area contributed by atoms with E-state index in [1.165, 1.54) is 12.1 Å². The molecule has 9 nitrogen and oxygen atoms in total. The molecule has 3 saturated heterocycles. The molecule has 3 aromatic rings. The second-order valence-electron chi connectivity index (χ2n) is 14.3. The zero-order chi connectivity index (χ0) is 32.7. The van der Waals surface area contributed by atoms with Gasteiger partial charge >= 0.3 is 11.8 Å². The lowest BCUT2D eigenvalue weighted by Gasteiger charge is -2.45. The van der Waals surface area contributed by atoms with E-state index in [1.807, 2.05) is 52.2 Å². The van der Waals surface area contributed by atoms with Crippen LogP contribution < -0.4 is 10.6 Å². The van der Waals surface area contributed by atoms with Crippen LogP contribution in [0.15, 0.2) is 34.0 Å². The van der Waals surface area contributed by atoms with Crippen LogP contribution in [0.25, 0.3) is 22.0 Å². The van der Waals surface area contributed by atoms with Crippen molar-refractivity contribution in [1.82, 2.24) is 19.4 Å². The number of ether oxygens (including phenoxy) is 2. The number of anilines is 1. The van der Waals surface area contributed by atoms with Gasteiger partial charge in [-0.3, -0.25) is 14.4 Å². The molecule has 5 heterocycles. The number of benzene rings is 2. The van der Waals surface area contributed by atoms with Crippen molar-refractivity contribution in [3.8, 4) is 11.1 Å². The smallest absolute Gasteiger partial charge is 0.410 e. The highest BCUT2D eigenvalue weighted by Crippen LogP contribution is 2.47. The van der Waals surface area contributed by atoms with Gasteiger partial charge in [0, 0.05) is 65.4 Å². The van der Waals surface area contributed by atoms with E-state index in [0.717, 1.165) is 40.4 Å². The molecule has 0 saturated carbocycles. The molecule has 4 aliphatic rings. The highest BCUT2D eigenvalue weighted by molar-refractivity contribution is 7.99. The zero-order valence-electron chi connectivity index (χ0n) is 27.2. The molecule has 5 atom stereocenters. The van der Waals surface area contributed by atoms with Gasteiger partial charge in [-0.25, -0.2) is 18.4 Å². The minimum absolute atomic E-state index is 0.135. The van der Waals surface area contributed by atoms with Crippen molar-refractivity contribution in [2.75, 3.05) is 43.4 Å². The number of fused-ring (bicyclic) bond motifs is 2. The van der Waals surface area contributed by atoms with E-state index in [-0.39, 0.29) is 36.0 Å². The highest BCUT2D eigenvalue weighted by Gasteiger charge is 2.42. The number of hydrogen-bond acceptors (Lipinski definition) is 8. The standard InChI is InChI=1S/C34H41F2N5O4S/c1-18-9-26-29-30(28(18)25-8-7-21(35)10-27(25)36)46-17-23(14-38-15-24-11-22(38)16-44-24)41(29)32(42)37-31(26)39-12-19(2)40(20(3)13-39)33(43)45-34(4,5)6/h7-10,19-20,22-24H,11-17H2,1-6H3/t19-,20+,22-,23-,24-/m0/s1. The van der Waals surface area contributed by atoms with Gasteiger partial charge in [0.25, 0.3) is 0 Å². The molecule has 0 radical (unpaired) electrons. The van der Waals surface area contributed by atoms with Gasteiger partial charge in [-0.15, -0.1) is 11.8 Å². The number of hydrogen-bond donors (Lipinski definition) is 0. The van der Waals surface area contributed by atoms with Crippen molar-refractivity contribution < 1.29 is 23.0 Å². The summed E-state index contributed by atoms with van der Waals surface area (Å²) in [6.07, 6.45) is 0.889. The molecule has 2 bridgehead atoms. The first-order valence-electron chi connectivity index (χ1n) is 16.1. The maximum absolute atomic E-state index is 15.3. The summed E-state index contributed by atoms with van der Waals surface area (Å²) in [6.45, 7) is 14.6. The minimum atomic E-state index is -0.640. The topological polar surface area (TPSA) is 80.1 Å². The predicted octanol–water partition coefficient (Wildman–Crippen LogP) is 5.60. The number of rotatable bonds is 4. The van der Waals surface area contributed by atoms with Gasteiger partial charge in [0.2, 0.25) is 0 Å². The molecule has 7 rings (SSSR count). The molecule has 0 aliphatic carbocycles. The summed E-state index contributed by atoms with van der Waals surface area (Å²) < 4.78 is 42.6. The van der Waals surface area contributed by atoms with Gasteiger partial charge in [0.05, 0.1) is 36.4 Å². The largest absolute Gasteiger partial charge is 0.444 e. The van der Waals surface area contributed by atoms with E-state index in [2.05, 4.69) is 9.80 Å². The van der Waals surface area contributed by atoms with Gasteiger partial charge in [-0.05, 0) is 71.7 Å². The van der Waals surface area contributed by atoms with Crippen LogP contribution >= 0.6 is 11.8 Å². The summed E-state index contributed by atoms with van der Waals surface area (Å²) in [4.78, 5) is 39.1. The summed E-state index contributed by atoms with van der Waals surface area (Å²) in [6, 6.07) is 5.46. The van der Waals surface area contributed by atoms with Crippen LogP contribution in [0.5, 0.6) is 0 Å². The van der Waals surface area contributed by atoms with Crippen molar-refractivity contribution in [1.29, 1.82) is 0 Å². The van der Waals surface area contributed by atoms with Crippen molar-refractivity contribution in [2.24, 2.45) is 0 Å². The number of piperazine rings is 1. The van der Waals surface area contributed by atoms with E-state index in [4.69, 9.17) is 14.5 Å². The van der Waals surface area contributed by atoms with E-state index in [9.17, 15) is 14.0 Å². The monoisotopic (exact) mass is 653 g/mol. The number of nitrogens with zero attached hydrogens (tertiary/aromatic N) is 5. The van der Waals surface area contributed by atoms with Gasteiger partial charge in [-0.2, -0.15) is 4.98 Å². The Labute approximate surface area is 271 Å². The van der Waals surface area contributed by atoms with Crippen LogP contribution in [0.1, 0.15) is 52.6 Å². The SMILES string of the molecule is Cc1cc2c(N3C[C@@H](C)N(C(=O)OC(C)(C)C)[C@@H](C)C3)nc(=O)n3c2c(c1-c1ccc(F)cc1F)SC[C@@H]3CN1C[C@@H]2C[C@H]1CO2. The molecular formula is C34H41F2N5O4S. The third-order valence-corrected chi connectivity index (χ3v) is 10.8. The lowest BCUT2D eigenvalue weighted by atomic mass is 9.96. The number of carbonyl (C=O) groups is 1. The van der Waals surface area contributed by atoms with Crippen molar-refractivity contribution in [3.63, 3.8) is 0 Å². The Kier molecular flexibility index (Phi) is 7.84. The predicted molar refractivity (Wildman–Crippen MR) is 175 cm³/mol. The molecule has 0 N–H and O–H groups in total. The quantitative estimate of drug-likeness (QED) is 0.360. The van der Waals surface area contributed by atoms with E-state index < -0.39 is 17.2 Å². The molecule has 0 spiro atoms. The number of morpholine rings is 1. The third-order valence-electron chi connectivity index (χ3n) is 9.61. The molecule has 2 aromatic carbocycles. The molecule has 46 heavy (non-hydrogen) atoms. The Balaban J connectivity index is 1.34. The number of thioether (sulfide) groups is 1. The van der Waals surface area contributed by atoms with Gasteiger partial charge in [-0.1, -0.05) is 0 Å². The van der Waals surface area contributed by atoms with Crippen LogP contribution in [-0.2, 0) is 9.47 Å². The lowest BCUT2D eigenvalue weighted by Crippen LogP contribution is -2.60. The zero-order valence-corrected chi connectivity index (χ0v) is 28.0. The average Bonchev–Trinajstić information content (AvgIpc) is 3.58. The van der Waals surface area contributed by atoms with Gasteiger partial charge in [0.1, 0.15) is 23.1 Å². The fraction of sp³-hybridized carbons (Fsp3) is 0.559. The number of aromatic nitrogens is 2. The van der Waals surface area contributed by atoms with Crippen LogP contribution in [-0.4, -0.2) is 93.8 Å². The molecular weight excluding hydrogens is 612 g/mol. The molecule has 0 unspecified atom stereocenters. The molecule has 1 amide bonds. The summed E-state index contributed by atoms with van der Waals surface area (Å²) >= 11 is 1.62. The van der Waals surface area contributed by atoms with Crippen molar-refractivity contribution in [3.05, 3.63) is 51.9 Å². The molecule has 4 aliphatic heterocycles. The van der Waals surface area contributed by atoms with Crippen LogP contribution in [0.2, 0.25) is 0 Å². The van der Waals surface area contributed by atoms with E-state index in [0.29, 0.717) is 55.0 Å². The molecule has 3 fully saturated rings. The third kappa shape index (κ3) is 5.45. The Hall–Kier alpha value is -3.22. The number of likely N-dealkylation sites (tertiary alicyclic amines) is 1. The first-order valence-corrected chi connectivity index (χ1v) is 17.1. The number of carbonyl (C=O) groups excluding carboxylic acids is 1.